The van der Waals surface area contributed by atoms with Crippen LogP contribution in [0.15, 0.2) is 99.2 Å². The lowest BCUT2D eigenvalue weighted by atomic mass is 9.86. The quantitative estimate of drug-likeness (QED) is 0.175. The van der Waals surface area contributed by atoms with Gasteiger partial charge in [-0.25, -0.2) is 4.79 Å². The van der Waals surface area contributed by atoms with E-state index in [1.807, 2.05) is 66.7 Å². The molecule has 0 amide bonds. The number of anilines is 1. The zero-order valence-corrected chi connectivity index (χ0v) is 20.3. The molecule has 6 heteroatoms. The van der Waals surface area contributed by atoms with Crippen molar-refractivity contribution >= 4 is 22.4 Å². The van der Waals surface area contributed by atoms with Crippen LogP contribution in [0.2, 0.25) is 0 Å². The molecule has 0 aliphatic carbocycles. The Morgan fingerprint density at radius 1 is 0.944 bits per heavy atom. The van der Waals surface area contributed by atoms with Gasteiger partial charge in [-0.1, -0.05) is 60.7 Å². The summed E-state index contributed by atoms with van der Waals surface area (Å²) in [5, 5.41) is 16.6. The van der Waals surface area contributed by atoms with E-state index in [0.29, 0.717) is 17.4 Å². The Morgan fingerprint density at radius 3 is 2.36 bits per heavy atom. The second-order valence-corrected chi connectivity index (χ2v) is 9.27. The topological polar surface area (TPSA) is 78.1 Å². The minimum Gasteiger partial charge on any atom is -0.507 e. The first kappa shape index (κ1) is 23.8. The summed E-state index contributed by atoms with van der Waals surface area (Å²) in [6.07, 6.45) is 3.71. The molecule has 184 valence electrons. The van der Waals surface area contributed by atoms with Crippen molar-refractivity contribution < 1.29 is 9.52 Å². The Kier molecular flexibility index (Phi) is 7.43. The molecule has 6 nitrogen and oxygen atoms in total. The minimum atomic E-state index is -0.519. The summed E-state index contributed by atoms with van der Waals surface area (Å²) < 4.78 is 5.65. The highest BCUT2D eigenvalue weighted by Gasteiger charge is 2.26. The van der Waals surface area contributed by atoms with Gasteiger partial charge in [-0.05, 0) is 62.2 Å². The van der Waals surface area contributed by atoms with Crippen molar-refractivity contribution in [1.82, 2.24) is 4.90 Å². The molecular formula is C30H31N3O3. The van der Waals surface area contributed by atoms with E-state index in [4.69, 9.17) is 9.52 Å². The molecule has 36 heavy (non-hydrogen) atoms. The van der Waals surface area contributed by atoms with E-state index in [0.717, 1.165) is 43.0 Å². The molecule has 0 unspecified atom stereocenters. The van der Waals surface area contributed by atoms with Crippen molar-refractivity contribution in [1.29, 1.82) is 0 Å². The van der Waals surface area contributed by atoms with E-state index in [2.05, 4.69) is 10.3 Å². The fourth-order valence-electron chi connectivity index (χ4n) is 4.92. The van der Waals surface area contributed by atoms with Crippen molar-refractivity contribution in [2.75, 3.05) is 25.1 Å². The van der Waals surface area contributed by atoms with Crippen molar-refractivity contribution in [3.8, 4) is 5.75 Å². The largest absolute Gasteiger partial charge is 0.507 e. The smallest absolute Gasteiger partial charge is 0.343 e. The summed E-state index contributed by atoms with van der Waals surface area (Å²) in [6, 6.07) is 26.8. The van der Waals surface area contributed by atoms with E-state index in [9.17, 15) is 9.90 Å². The summed E-state index contributed by atoms with van der Waals surface area (Å²) in [5.41, 5.74) is 6.10. The van der Waals surface area contributed by atoms with E-state index in [1.54, 1.807) is 18.2 Å². The van der Waals surface area contributed by atoms with E-state index in [-0.39, 0.29) is 11.3 Å². The number of fused-ring (bicyclic) bond motifs is 1. The summed E-state index contributed by atoms with van der Waals surface area (Å²) in [7, 11) is 0. The second-order valence-electron chi connectivity index (χ2n) is 9.27. The molecule has 3 aromatic carbocycles. The molecule has 2 N–H and O–H groups in total. The first-order valence-corrected chi connectivity index (χ1v) is 12.6. The Labute approximate surface area is 210 Å². The predicted molar refractivity (Wildman–Crippen MR) is 145 cm³/mol. The molecule has 1 fully saturated rings. The fourth-order valence-corrected chi connectivity index (χ4v) is 4.92. The maximum Gasteiger partial charge on any atom is 0.343 e. The van der Waals surface area contributed by atoms with Gasteiger partial charge in [-0.2, -0.15) is 5.10 Å². The van der Waals surface area contributed by atoms with Crippen LogP contribution in [0.4, 0.5) is 5.69 Å². The summed E-state index contributed by atoms with van der Waals surface area (Å²) in [6.45, 7) is 3.13. The average molecular weight is 482 g/mol. The predicted octanol–water partition coefficient (Wildman–Crippen LogP) is 5.97. The van der Waals surface area contributed by atoms with Crippen LogP contribution in [-0.2, 0) is 0 Å². The van der Waals surface area contributed by atoms with Crippen LogP contribution in [0.3, 0.4) is 0 Å². The second kappa shape index (κ2) is 11.2. The molecule has 0 radical (unpaired) electrons. The molecule has 0 bridgehead atoms. The van der Waals surface area contributed by atoms with Crippen LogP contribution in [-0.4, -0.2) is 35.4 Å². The number of likely N-dealkylation sites (tertiary alicyclic amines) is 1. The third-order valence-corrected chi connectivity index (χ3v) is 6.84. The number of rotatable bonds is 9. The highest BCUT2D eigenvalue weighted by atomic mass is 16.4. The molecule has 1 aromatic heterocycles. The van der Waals surface area contributed by atoms with E-state index >= 15 is 0 Å². The van der Waals surface area contributed by atoms with Crippen molar-refractivity contribution in [2.24, 2.45) is 5.10 Å². The number of nitrogens with one attached hydrogen (secondary N) is 1. The van der Waals surface area contributed by atoms with E-state index in [1.165, 1.54) is 12.8 Å². The van der Waals surface area contributed by atoms with Gasteiger partial charge in [-0.3, -0.25) is 5.43 Å². The summed E-state index contributed by atoms with van der Waals surface area (Å²) in [5.74, 6) is -0.424. The van der Waals surface area contributed by atoms with Crippen LogP contribution < -0.4 is 11.1 Å². The summed E-state index contributed by atoms with van der Waals surface area (Å²) in [4.78, 5) is 15.7. The maximum atomic E-state index is 13.2. The highest BCUT2D eigenvalue weighted by molar-refractivity contribution is 5.88. The number of hydrogen-bond acceptors (Lipinski definition) is 6. The zero-order chi connectivity index (χ0) is 24.7. The van der Waals surface area contributed by atoms with Crippen LogP contribution in [0.1, 0.15) is 42.7 Å². The molecule has 5 rings (SSSR count). The first-order chi connectivity index (χ1) is 17.7. The lowest BCUT2D eigenvalue weighted by molar-refractivity contribution is 0.349. The molecule has 0 spiro atoms. The fraction of sp³-hybridized carbons (Fsp3) is 0.267. The van der Waals surface area contributed by atoms with Crippen LogP contribution in [0.25, 0.3) is 11.0 Å². The van der Waals surface area contributed by atoms with Crippen LogP contribution in [0, 0.1) is 0 Å². The van der Waals surface area contributed by atoms with E-state index < -0.39 is 11.5 Å². The molecule has 0 saturated carbocycles. The van der Waals surface area contributed by atoms with Crippen LogP contribution in [0.5, 0.6) is 5.75 Å². The first-order valence-electron chi connectivity index (χ1n) is 12.6. The monoisotopic (exact) mass is 481 g/mol. The molecule has 1 atom stereocenters. The van der Waals surface area contributed by atoms with Gasteiger partial charge in [0.15, 0.2) is 0 Å². The number of aromatic hydroxyl groups is 1. The van der Waals surface area contributed by atoms with Crippen molar-refractivity contribution in [2.45, 2.75) is 31.6 Å². The third kappa shape index (κ3) is 5.50. The lowest BCUT2D eigenvalue weighted by Gasteiger charge is -2.21. The standard InChI is InChI=1S/C30H31N3O3/c34-29-25-15-7-8-16-27(25)36-30(35)28(29)26(22-11-3-1-4-12-22)21-24(17-20-33-18-9-10-19-33)32-31-23-13-5-2-6-14-23/h1-8,11-16,26,31,34H,9-10,17-21H2/b32-24-/t26-/m1/s1. The van der Waals surface area contributed by atoms with Gasteiger partial charge in [0, 0.05) is 24.6 Å². The van der Waals surface area contributed by atoms with Gasteiger partial charge in [0.2, 0.25) is 0 Å². The highest BCUT2D eigenvalue weighted by Crippen LogP contribution is 2.36. The van der Waals surface area contributed by atoms with Gasteiger partial charge < -0.3 is 14.4 Å². The van der Waals surface area contributed by atoms with Gasteiger partial charge in [0.1, 0.15) is 11.3 Å². The van der Waals surface area contributed by atoms with Gasteiger partial charge in [-0.15, -0.1) is 0 Å². The Balaban J connectivity index is 1.53. The normalized spacial score (nSPS) is 15.3. The minimum absolute atomic E-state index is 0.0226. The van der Waals surface area contributed by atoms with Gasteiger partial charge in [0.05, 0.1) is 16.6 Å². The van der Waals surface area contributed by atoms with Gasteiger partial charge >= 0.3 is 5.63 Å². The number of hydrazone groups is 1. The third-order valence-electron chi connectivity index (χ3n) is 6.84. The summed E-state index contributed by atoms with van der Waals surface area (Å²) >= 11 is 0. The number of nitrogens with zero attached hydrogens (tertiary/aromatic N) is 2. The molecule has 1 saturated heterocycles. The lowest BCUT2D eigenvalue weighted by Crippen LogP contribution is -2.24. The molecule has 2 heterocycles. The average Bonchev–Trinajstić information content (AvgIpc) is 3.44. The molecule has 1 aliphatic rings. The molecule has 1 aliphatic heterocycles. The van der Waals surface area contributed by atoms with Crippen LogP contribution >= 0.6 is 0 Å². The molecule has 4 aromatic rings. The molecular weight excluding hydrogens is 450 g/mol. The van der Waals surface area contributed by atoms with Gasteiger partial charge in [0.25, 0.3) is 0 Å². The Bertz CT molecular complexity index is 1380. The number of benzene rings is 3. The maximum absolute atomic E-state index is 13.2. The Morgan fingerprint density at radius 2 is 1.61 bits per heavy atom. The van der Waals surface area contributed by atoms with Crippen molar-refractivity contribution in [3.05, 3.63) is 106 Å². The number of hydrogen-bond donors (Lipinski definition) is 2. The Hall–Kier alpha value is -3.90. The van der Waals surface area contributed by atoms with Crippen molar-refractivity contribution in [3.63, 3.8) is 0 Å². The SMILES string of the molecule is O=c1oc2ccccc2c(O)c1[C@H](C/C(CCN1CCCC1)=N\Nc1ccccc1)c1ccccc1. The zero-order valence-electron chi connectivity index (χ0n) is 20.3. The number of para-hydroxylation sites is 2.